The SMILES string of the molecule is Cc1cc(NS(=O)(=O)c2cccc(Cl)c2)c2c(Br)c(-c3cnn(C(=O)OC(C)(C)C)c3)sc2n1. The Hall–Kier alpha value is -2.47. The summed E-state index contributed by atoms with van der Waals surface area (Å²) in [7, 11) is -3.90. The lowest BCUT2D eigenvalue weighted by Gasteiger charge is -2.18. The van der Waals surface area contributed by atoms with Crippen molar-refractivity contribution in [3.8, 4) is 10.4 Å². The second-order valence-corrected chi connectivity index (χ2v) is 12.4. The van der Waals surface area contributed by atoms with Crippen molar-refractivity contribution >= 4 is 70.9 Å². The third-order valence-corrected chi connectivity index (χ3v) is 8.29. The summed E-state index contributed by atoms with van der Waals surface area (Å²) in [4.78, 5) is 18.3. The van der Waals surface area contributed by atoms with Crippen molar-refractivity contribution < 1.29 is 17.9 Å². The predicted molar refractivity (Wildman–Crippen MR) is 137 cm³/mol. The van der Waals surface area contributed by atoms with Crippen molar-refractivity contribution in [1.29, 1.82) is 0 Å². The normalized spacial score (nSPS) is 12.2. The van der Waals surface area contributed by atoms with E-state index in [0.29, 0.717) is 36.7 Å². The molecule has 8 nitrogen and oxygen atoms in total. The van der Waals surface area contributed by atoms with Crippen molar-refractivity contribution in [3.05, 3.63) is 57.9 Å². The van der Waals surface area contributed by atoms with Crippen LogP contribution < -0.4 is 4.72 Å². The van der Waals surface area contributed by atoms with E-state index in [0.717, 1.165) is 9.56 Å². The van der Waals surface area contributed by atoms with Crippen LogP contribution in [-0.2, 0) is 14.8 Å². The summed E-state index contributed by atoms with van der Waals surface area (Å²) in [6.07, 6.45) is 2.51. The molecule has 0 unspecified atom stereocenters. The number of rotatable bonds is 4. The maximum absolute atomic E-state index is 13.0. The van der Waals surface area contributed by atoms with Crippen LogP contribution in [0.5, 0.6) is 0 Å². The van der Waals surface area contributed by atoms with E-state index in [-0.39, 0.29) is 4.90 Å². The summed E-state index contributed by atoms with van der Waals surface area (Å²) in [5.41, 5.74) is 1.01. The average Bonchev–Trinajstić information content (AvgIpc) is 3.31. The largest absolute Gasteiger partial charge is 0.442 e. The number of aromatic nitrogens is 3. The number of anilines is 1. The zero-order valence-corrected chi connectivity index (χ0v) is 22.6. The molecule has 0 aliphatic rings. The van der Waals surface area contributed by atoms with Gasteiger partial charge < -0.3 is 4.74 Å². The number of carbonyl (C=O) groups excluding carboxylic acids is 1. The van der Waals surface area contributed by atoms with Crippen molar-refractivity contribution in [2.45, 2.75) is 38.2 Å². The van der Waals surface area contributed by atoms with Gasteiger partial charge in [-0.1, -0.05) is 17.7 Å². The van der Waals surface area contributed by atoms with E-state index >= 15 is 0 Å². The van der Waals surface area contributed by atoms with E-state index in [4.69, 9.17) is 16.3 Å². The molecule has 0 radical (unpaired) electrons. The molecule has 0 bridgehead atoms. The van der Waals surface area contributed by atoms with Crippen LogP contribution in [-0.4, -0.2) is 34.9 Å². The second-order valence-electron chi connectivity index (χ2n) is 8.45. The van der Waals surface area contributed by atoms with Crippen LogP contribution in [0.25, 0.3) is 20.7 Å². The van der Waals surface area contributed by atoms with Crippen LogP contribution in [0.15, 0.2) is 52.1 Å². The fourth-order valence-corrected chi connectivity index (χ4v) is 6.62. The Balaban J connectivity index is 1.75. The Kier molecular flexibility index (Phi) is 6.49. The molecule has 1 aromatic carbocycles. The third kappa shape index (κ3) is 5.12. The lowest BCUT2D eigenvalue weighted by Crippen LogP contribution is -2.27. The number of nitrogens with zero attached hydrogens (tertiary/aromatic N) is 3. The van der Waals surface area contributed by atoms with Gasteiger partial charge in [-0.15, -0.1) is 11.3 Å². The van der Waals surface area contributed by atoms with Gasteiger partial charge in [0.25, 0.3) is 10.0 Å². The summed E-state index contributed by atoms with van der Waals surface area (Å²) >= 11 is 10.9. The van der Waals surface area contributed by atoms with Gasteiger partial charge in [0.05, 0.1) is 27.0 Å². The number of pyridine rings is 1. The van der Waals surface area contributed by atoms with Gasteiger partial charge in [0, 0.05) is 26.9 Å². The number of halogens is 2. The Bertz CT molecular complexity index is 1520. The summed E-state index contributed by atoms with van der Waals surface area (Å²) in [6, 6.07) is 7.70. The van der Waals surface area contributed by atoms with E-state index in [9.17, 15) is 13.2 Å². The molecule has 0 saturated carbocycles. The van der Waals surface area contributed by atoms with Crippen molar-refractivity contribution in [2.75, 3.05) is 4.72 Å². The Morgan fingerprint density at radius 1 is 1.26 bits per heavy atom. The van der Waals surface area contributed by atoms with Crippen molar-refractivity contribution in [1.82, 2.24) is 14.8 Å². The van der Waals surface area contributed by atoms with Crippen LogP contribution >= 0.6 is 38.9 Å². The zero-order valence-electron chi connectivity index (χ0n) is 18.6. The lowest BCUT2D eigenvalue weighted by atomic mass is 10.2. The standard InChI is InChI=1S/C22H20BrClN4O4S2/c1-12-8-16(27-34(30,31)15-7-5-6-14(24)9-15)17-18(23)19(33-20(17)26-12)13-10-25-28(11-13)21(29)32-22(2,3)4/h5-11H,1-4H3,(H,26,27). The summed E-state index contributed by atoms with van der Waals surface area (Å²) in [5, 5.41) is 5.04. The number of benzene rings is 1. The van der Waals surface area contributed by atoms with Gasteiger partial charge in [-0.05, 0) is 67.9 Å². The zero-order chi connectivity index (χ0) is 24.8. The smallest absolute Gasteiger partial charge is 0.435 e. The number of ether oxygens (including phenoxy) is 1. The highest BCUT2D eigenvalue weighted by Gasteiger charge is 2.23. The average molecular weight is 584 g/mol. The van der Waals surface area contributed by atoms with E-state index in [1.165, 1.54) is 23.5 Å². The predicted octanol–water partition coefficient (Wildman–Crippen LogP) is 6.47. The van der Waals surface area contributed by atoms with Crippen molar-refractivity contribution in [2.24, 2.45) is 0 Å². The Morgan fingerprint density at radius 2 is 2.00 bits per heavy atom. The quantitative estimate of drug-likeness (QED) is 0.295. The first-order chi connectivity index (χ1) is 15.8. The Morgan fingerprint density at radius 3 is 2.68 bits per heavy atom. The van der Waals surface area contributed by atoms with Crippen LogP contribution in [0.4, 0.5) is 10.5 Å². The van der Waals surface area contributed by atoms with E-state index in [2.05, 4.69) is 30.7 Å². The first kappa shape index (κ1) is 24.6. The number of fused-ring (bicyclic) bond motifs is 1. The fraction of sp³-hybridized carbons (Fsp3) is 0.227. The molecule has 0 spiro atoms. The number of hydrogen-bond acceptors (Lipinski definition) is 7. The lowest BCUT2D eigenvalue weighted by molar-refractivity contribution is 0.0514. The fourth-order valence-electron chi connectivity index (χ4n) is 3.14. The maximum atomic E-state index is 13.0. The molecule has 3 heterocycles. The molecule has 0 amide bonds. The topological polar surface area (TPSA) is 103 Å². The molecular formula is C22H20BrClN4O4S2. The molecule has 34 heavy (non-hydrogen) atoms. The first-order valence-electron chi connectivity index (χ1n) is 10.0. The number of aryl methyl sites for hydroxylation is 1. The molecule has 0 fully saturated rings. The van der Waals surface area contributed by atoms with Gasteiger partial charge in [0.1, 0.15) is 10.4 Å². The molecule has 4 aromatic rings. The molecule has 178 valence electrons. The second kappa shape index (κ2) is 8.95. The molecule has 12 heteroatoms. The molecule has 4 rings (SSSR count). The first-order valence-corrected chi connectivity index (χ1v) is 13.5. The molecular weight excluding hydrogens is 564 g/mol. The van der Waals surface area contributed by atoms with E-state index in [1.807, 2.05) is 0 Å². The minimum absolute atomic E-state index is 0.0489. The molecule has 0 aliphatic heterocycles. The summed E-state index contributed by atoms with van der Waals surface area (Å²) < 4.78 is 35.8. The van der Waals surface area contributed by atoms with E-state index in [1.54, 1.807) is 58.3 Å². The highest BCUT2D eigenvalue weighted by atomic mass is 79.9. The Labute approximate surface area is 214 Å². The highest BCUT2D eigenvalue weighted by Crippen LogP contribution is 2.45. The van der Waals surface area contributed by atoms with Gasteiger partial charge in [0.15, 0.2) is 0 Å². The minimum Gasteiger partial charge on any atom is -0.442 e. The van der Waals surface area contributed by atoms with Crippen LogP contribution in [0.1, 0.15) is 26.5 Å². The molecule has 0 atom stereocenters. The van der Waals surface area contributed by atoms with Crippen LogP contribution in [0.2, 0.25) is 5.02 Å². The number of nitrogens with one attached hydrogen (secondary N) is 1. The van der Waals surface area contributed by atoms with Crippen molar-refractivity contribution in [3.63, 3.8) is 0 Å². The van der Waals surface area contributed by atoms with Gasteiger partial charge in [0.2, 0.25) is 0 Å². The van der Waals surface area contributed by atoms with Gasteiger partial charge in [-0.25, -0.2) is 18.2 Å². The molecule has 0 saturated heterocycles. The summed E-state index contributed by atoms with van der Waals surface area (Å²) in [5.74, 6) is 0. The van der Waals surface area contributed by atoms with Gasteiger partial charge in [-0.3, -0.25) is 4.72 Å². The van der Waals surface area contributed by atoms with Crippen LogP contribution in [0.3, 0.4) is 0 Å². The molecule has 3 aromatic heterocycles. The number of sulfonamides is 1. The number of carbonyl (C=O) groups is 1. The van der Waals surface area contributed by atoms with E-state index < -0.39 is 21.7 Å². The molecule has 1 N–H and O–H groups in total. The maximum Gasteiger partial charge on any atom is 0.435 e. The monoisotopic (exact) mass is 582 g/mol. The summed E-state index contributed by atoms with van der Waals surface area (Å²) in [6.45, 7) is 7.11. The number of thiophene rings is 1. The van der Waals surface area contributed by atoms with Crippen LogP contribution in [0, 0.1) is 6.92 Å². The number of hydrogen-bond donors (Lipinski definition) is 1. The molecule has 0 aliphatic carbocycles. The third-order valence-electron chi connectivity index (χ3n) is 4.51. The van der Waals surface area contributed by atoms with Gasteiger partial charge >= 0.3 is 6.09 Å². The highest BCUT2D eigenvalue weighted by molar-refractivity contribution is 9.10. The van der Waals surface area contributed by atoms with Gasteiger partial charge in [-0.2, -0.15) is 9.78 Å². The minimum atomic E-state index is -3.90.